The fraction of sp³-hybridized carbons (Fsp3) is 0.286. The number of amides is 2. The minimum absolute atomic E-state index is 0.00621. The van der Waals surface area contributed by atoms with E-state index in [1.807, 2.05) is 54.6 Å². The Balaban J connectivity index is 0.985. The number of hydrogen-bond donors (Lipinski definition) is 1. The molecule has 0 radical (unpaired) electrons. The molecule has 3 aliphatic rings. The van der Waals surface area contributed by atoms with Crippen molar-refractivity contribution in [3.63, 3.8) is 0 Å². The van der Waals surface area contributed by atoms with Crippen LogP contribution in [0.5, 0.6) is 0 Å². The monoisotopic (exact) mass is 695 g/mol. The number of carbonyl (C=O) groups excluding carboxylic acids is 2. The van der Waals surface area contributed by atoms with E-state index in [2.05, 4.69) is 51.0 Å². The van der Waals surface area contributed by atoms with E-state index < -0.39 is 6.29 Å². The quantitative estimate of drug-likeness (QED) is 0.185. The van der Waals surface area contributed by atoms with Crippen molar-refractivity contribution in [2.45, 2.75) is 38.6 Å². The van der Waals surface area contributed by atoms with E-state index in [0.29, 0.717) is 11.1 Å². The van der Waals surface area contributed by atoms with Gasteiger partial charge in [-0.15, -0.1) is 0 Å². The molecule has 0 aliphatic carbocycles. The summed E-state index contributed by atoms with van der Waals surface area (Å²) in [5.41, 5.74) is 6.61. The number of anilines is 1. The molecule has 264 valence electrons. The number of fused-ring (bicyclic) bond motifs is 1. The predicted molar refractivity (Wildman–Crippen MR) is 196 cm³/mol. The zero-order chi connectivity index (χ0) is 35.6. The van der Waals surface area contributed by atoms with Crippen LogP contribution in [0.3, 0.4) is 0 Å². The summed E-state index contributed by atoms with van der Waals surface area (Å²) in [6.45, 7) is 6.62. The number of aromatic nitrogens is 2. The van der Waals surface area contributed by atoms with Crippen LogP contribution in [-0.2, 0) is 22.6 Å². The predicted octanol–water partition coefficient (Wildman–Crippen LogP) is 6.05. The first-order valence-corrected chi connectivity index (χ1v) is 17.8. The summed E-state index contributed by atoms with van der Waals surface area (Å²) in [5, 5.41) is 9.64. The molecule has 4 heterocycles. The van der Waals surface area contributed by atoms with E-state index in [4.69, 9.17) is 9.47 Å². The van der Waals surface area contributed by atoms with E-state index >= 15 is 0 Å². The van der Waals surface area contributed by atoms with Crippen LogP contribution in [0.4, 0.5) is 5.95 Å². The van der Waals surface area contributed by atoms with Gasteiger partial charge in [-0.1, -0.05) is 85.8 Å². The lowest BCUT2D eigenvalue weighted by molar-refractivity contribution is -0.276. The van der Waals surface area contributed by atoms with Gasteiger partial charge in [0.25, 0.3) is 11.8 Å². The van der Waals surface area contributed by atoms with Crippen molar-refractivity contribution >= 4 is 17.8 Å². The van der Waals surface area contributed by atoms with E-state index in [-0.39, 0.29) is 43.1 Å². The molecular weight excluding hydrogens is 654 g/mol. The molecule has 0 saturated carbocycles. The first kappa shape index (κ1) is 33.9. The Morgan fingerprint density at radius 1 is 0.712 bits per heavy atom. The highest BCUT2D eigenvalue weighted by Crippen LogP contribution is 2.42. The lowest BCUT2D eigenvalue weighted by atomic mass is 9.89. The molecule has 1 N–H and O–H groups in total. The maximum Gasteiger partial charge on any atom is 0.261 e. The Bertz CT molecular complexity index is 2000. The van der Waals surface area contributed by atoms with Crippen LogP contribution in [-0.4, -0.2) is 75.5 Å². The Morgan fingerprint density at radius 3 is 2.06 bits per heavy atom. The standard InChI is InChI=1S/C42H41N5O5/c1-28-37(26-45-20-22-46(23-21-45)42-43-18-5-19-44-42)51-41(52-38(28)32-12-10-29(27-48)11-13-32)33-16-14-31(15-17-33)34-7-4-6-30(24-34)25-47-39(49)35-8-2-3-9-36(35)40(47)50/h2-19,24,28,37-38,41,48H,20-23,25-27H2,1H3. The summed E-state index contributed by atoms with van der Waals surface area (Å²) in [4.78, 5) is 40.8. The van der Waals surface area contributed by atoms with Gasteiger partial charge in [0.1, 0.15) is 0 Å². The number of benzene rings is 4. The first-order valence-electron chi connectivity index (χ1n) is 17.8. The summed E-state index contributed by atoms with van der Waals surface area (Å²) in [6, 6.07) is 33.0. The second-order valence-electron chi connectivity index (χ2n) is 13.7. The maximum atomic E-state index is 13.0. The molecule has 0 spiro atoms. The van der Waals surface area contributed by atoms with Crippen LogP contribution in [0, 0.1) is 5.92 Å². The molecule has 3 aliphatic heterocycles. The van der Waals surface area contributed by atoms with Gasteiger partial charge in [-0.2, -0.15) is 0 Å². The minimum atomic E-state index is -0.572. The Morgan fingerprint density at radius 2 is 1.38 bits per heavy atom. The molecule has 4 unspecified atom stereocenters. The van der Waals surface area contributed by atoms with Gasteiger partial charge >= 0.3 is 0 Å². The van der Waals surface area contributed by atoms with Crippen LogP contribution in [0.1, 0.15) is 62.3 Å². The molecule has 10 heteroatoms. The van der Waals surface area contributed by atoms with Gasteiger partial charge < -0.3 is 19.5 Å². The molecule has 4 atom stereocenters. The van der Waals surface area contributed by atoms with Gasteiger partial charge in [-0.3, -0.25) is 19.4 Å². The highest BCUT2D eigenvalue weighted by atomic mass is 16.7. The number of rotatable bonds is 9. The molecule has 5 aromatic rings. The van der Waals surface area contributed by atoms with Gasteiger partial charge in [0.15, 0.2) is 6.29 Å². The largest absolute Gasteiger partial charge is 0.392 e. The molecule has 2 saturated heterocycles. The van der Waals surface area contributed by atoms with Crippen molar-refractivity contribution in [1.29, 1.82) is 0 Å². The molecule has 10 nitrogen and oxygen atoms in total. The van der Waals surface area contributed by atoms with Crippen molar-refractivity contribution in [3.8, 4) is 11.1 Å². The van der Waals surface area contributed by atoms with E-state index in [9.17, 15) is 14.7 Å². The average molecular weight is 696 g/mol. The average Bonchev–Trinajstić information content (AvgIpc) is 3.44. The Hall–Kier alpha value is -5.26. The first-order chi connectivity index (χ1) is 25.4. The highest BCUT2D eigenvalue weighted by molar-refractivity contribution is 6.21. The Kier molecular flexibility index (Phi) is 9.62. The molecular formula is C42H41N5O5. The van der Waals surface area contributed by atoms with Crippen LogP contribution in [0.15, 0.2) is 116 Å². The molecule has 52 heavy (non-hydrogen) atoms. The summed E-state index contributed by atoms with van der Waals surface area (Å²) >= 11 is 0. The van der Waals surface area contributed by atoms with E-state index in [1.54, 1.807) is 36.7 Å². The van der Waals surface area contributed by atoms with Crippen molar-refractivity contribution in [2.75, 3.05) is 37.6 Å². The fourth-order valence-corrected chi connectivity index (χ4v) is 7.41. The fourth-order valence-electron chi connectivity index (χ4n) is 7.41. The van der Waals surface area contributed by atoms with Gasteiger partial charge in [0.2, 0.25) is 5.95 Å². The van der Waals surface area contributed by atoms with Gasteiger partial charge in [0.05, 0.1) is 36.5 Å². The molecule has 2 amide bonds. The van der Waals surface area contributed by atoms with Crippen LogP contribution in [0.2, 0.25) is 0 Å². The van der Waals surface area contributed by atoms with Crippen molar-refractivity contribution in [2.24, 2.45) is 5.92 Å². The Labute approximate surface area is 303 Å². The normalized spacial score (nSPS) is 22.1. The molecule has 4 aromatic carbocycles. The number of carbonyl (C=O) groups is 2. The van der Waals surface area contributed by atoms with E-state index in [0.717, 1.165) is 72.1 Å². The second-order valence-corrected chi connectivity index (χ2v) is 13.7. The number of nitrogens with zero attached hydrogens (tertiary/aromatic N) is 5. The van der Waals surface area contributed by atoms with Gasteiger partial charge in [0, 0.05) is 56.6 Å². The number of hydrogen-bond acceptors (Lipinski definition) is 9. The lowest BCUT2D eigenvalue weighted by Gasteiger charge is -2.44. The molecule has 8 rings (SSSR count). The number of aliphatic hydroxyl groups is 1. The topological polar surface area (TPSA) is 108 Å². The third kappa shape index (κ3) is 6.86. The smallest absolute Gasteiger partial charge is 0.261 e. The molecule has 1 aromatic heterocycles. The third-order valence-corrected chi connectivity index (χ3v) is 10.4. The van der Waals surface area contributed by atoms with Crippen LogP contribution in [0.25, 0.3) is 11.1 Å². The molecule has 2 fully saturated rings. The van der Waals surface area contributed by atoms with Crippen molar-refractivity contribution < 1.29 is 24.2 Å². The third-order valence-electron chi connectivity index (χ3n) is 10.4. The number of aliphatic hydroxyl groups excluding tert-OH is 1. The SMILES string of the molecule is CC1C(CN2CCN(c3ncccn3)CC2)OC(c2ccc(-c3cccc(CN4C(=O)c5ccccc5C4=O)c3)cc2)OC1c1ccc(CO)cc1. The number of ether oxygens (including phenoxy) is 2. The van der Waals surface area contributed by atoms with Crippen LogP contribution >= 0.6 is 0 Å². The van der Waals surface area contributed by atoms with Crippen molar-refractivity contribution in [1.82, 2.24) is 19.8 Å². The van der Waals surface area contributed by atoms with Gasteiger partial charge in [-0.25, -0.2) is 9.97 Å². The van der Waals surface area contributed by atoms with Gasteiger partial charge in [-0.05, 0) is 52.1 Å². The number of piperazine rings is 1. The number of imide groups is 1. The van der Waals surface area contributed by atoms with E-state index in [1.165, 1.54) is 4.90 Å². The summed E-state index contributed by atoms with van der Waals surface area (Å²) in [7, 11) is 0. The second kappa shape index (κ2) is 14.8. The summed E-state index contributed by atoms with van der Waals surface area (Å²) in [5.74, 6) is 0.322. The zero-order valence-corrected chi connectivity index (χ0v) is 29.0. The minimum Gasteiger partial charge on any atom is -0.392 e. The zero-order valence-electron chi connectivity index (χ0n) is 29.0. The summed E-state index contributed by atoms with van der Waals surface area (Å²) < 4.78 is 13.5. The highest BCUT2D eigenvalue weighted by Gasteiger charge is 2.40. The summed E-state index contributed by atoms with van der Waals surface area (Å²) in [6.07, 6.45) is 2.71. The lowest BCUT2D eigenvalue weighted by Crippen LogP contribution is -2.51. The maximum absolute atomic E-state index is 13.0. The molecule has 0 bridgehead atoms. The van der Waals surface area contributed by atoms with Crippen molar-refractivity contribution in [3.05, 3.63) is 149 Å². The van der Waals surface area contributed by atoms with Crippen LogP contribution < -0.4 is 4.90 Å².